The molecule has 8 nitrogen and oxygen atoms in total. The first kappa shape index (κ1) is 23.4. The van der Waals surface area contributed by atoms with Gasteiger partial charge in [0.15, 0.2) is 0 Å². The number of carbonyl (C=O) groups is 2. The maximum absolute atomic E-state index is 12.6. The third kappa shape index (κ3) is 4.50. The predicted molar refractivity (Wildman–Crippen MR) is 122 cm³/mol. The van der Waals surface area contributed by atoms with E-state index in [0.29, 0.717) is 31.0 Å². The van der Waals surface area contributed by atoms with E-state index in [4.69, 9.17) is 0 Å². The van der Waals surface area contributed by atoms with Gasteiger partial charge in [0, 0.05) is 43.8 Å². The summed E-state index contributed by atoms with van der Waals surface area (Å²) in [6.07, 6.45) is 1.40. The van der Waals surface area contributed by atoms with Gasteiger partial charge in [-0.15, -0.1) is 0 Å². The van der Waals surface area contributed by atoms with Crippen LogP contribution in [0, 0.1) is 11.3 Å². The summed E-state index contributed by atoms with van der Waals surface area (Å²) in [5.74, 6) is -0.344. The zero-order valence-electron chi connectivity index (χ0n) is 19.0. The highest BCUT2D eigenvalue weighted by molar-refractivity contribution is 5.93. The SMILES string of the molecule is N#CCC1(N2CC=C(c3cc(N(C=O)C4CC4)nc4[nH]ccc34)CC2)CN(C(=O)CC(F)(F)F)C1. The van der Waals surface area contributed by atoms with Crippen LogP contribution in [0.3, 0.4) is 0 Å². The number of aromatic nitrogens is 2. The van der Waals surface area contributed by atoms with Crippen LogP contribution in [0.4, 0.5) is 19.0 Å². The van der Waals surface area contributed by atoms with Crippen LogP contribution >= 0.6 is 0 Å². The number of hydrogen-bond donors (Lipinski definition) is 1. The maximum Gasteiger partial charge on any atom is 0.397 e. The molecule has 184 valence electrons. The van der Waals surface area contributed by atoms with Crippen molar-refractivity contribution in [2.75, 3.05) is 31.1 Å². The van der Waals surface area contributed by atoms with E-state index in [0.717, 1.165) is 35.8 Å². The molecule has 35 heavy (non-hydrogen) atoms. The molecule has 0 aromatic carbocycles. The fourth-order valence-electron chi connectivity index (χ4n) is 5.14. The van der Waals surface area contributed by atoms with Crippen molar-refractivity contribution < 1.29 is 22.8 Å². The van der Waals surface area contributed by atoms with Crippen molar-refractivity contribution in [3.05, 3.63) is 30.0 Å². The fraction of sp³-hybridized carbons (Fsp3) is 0.500. The van der Waals surface area contributed by atoms with E-state index in [1.807, 2.05) is 18.3 Å². The molecule has 4 heterocycles. The lowest BCUT2D eigenvalue weighted by Gasteiger charge is -2.55. The number of alkyl halides is 3. The van der Waals surface area contributed by atoms with Gasteiger partial charge < -0.3 is 9.88 Å². The summed E-state index contributed by atoms with van der Waals surface area (Å²) in [5, 5.41) is 10.3. The van der Waals surface area contributed by atoms with Crippen LogP contribution in [-0.2, 0) is 9.59 Å². The van der Waals surface area contributed by atoms with Crippen molar-refractivity contribution in [3.8, 4) is 6.07 Å². The van der Waals surface area contributed by atoms with Crippen LogP contribution in [0.2, 0.25) is 0 Å². The Hall–Kier alpha value is -3.39. The number of likely N-dealkylation sites (tertiary alicyclic amines) is 1. The molecule has 0 unspecified atom stereocenters. The van der Waals surface area contributed by atoms with Gasteiger partial charge in [-0.3, -0.25) is 19.4 Å². The van der Waals surface area contributed by atoms with E-state index >= 15 is 0 Å². The molecule has 0 bridgehead atoms. The van der Waals surface area contributed by atoms with Crippen molar-refractivity contribution in [2.24, 2.45) is 0 Å². The number of carbonyl (C=O) groups excluding carboxylic acids is 2. The zero-order chi connectivity index (χ0) is 24.8. The van der Waals surface area contributed by atoms with E-state index < -0.39 is 24.0 Å². The van der Waals surface area contributed by atoms with Gasteiger partial charge in [0.25, 0.3) is 0 Å². The van der Waals surface area contributed by atoms with Crippen LogP contribution in [-0.4, -0.2) is 76.0 Å². The second-order valence-electron chi connectivity index (χ2n) is 9.54. The highest BCUT2D eigenvalue weighted by Gasteiger charge is 2.50. The summed E-state index contributed by atoms with van der Waals surface area (Å²) in [5.41, 5.74) is 2.15. The third-order valence-electron chi connectivity index (χ3n) is 7.14. The molecule has 1 aliphatic carbocycles. The van der Waals surface area contributed by atoms with E-state index in [1.54, 1.807) is 4.90 Å². The molecule has 3 aliphatic rings. The quantitative estimate of drug-likeness (QED) is 0.607. The summed E-state index contributed by atoms with van der Waals surface area (Å²) < 4.78 is 37.8. The molecule has 0 spiro atoms. The number of anilines is 1. The van der Waals surface area contributed by atoms with Crippen molar-refractivity contribution in [1.29, 1.82) is 5.26 Å². The molecule has 0 atom stereocenters. The van der Waals surface area contributed by atoms with Crippen molar-refractivity contribution in [1.82, 2.24) is 19.8 Å². The molecule has 2 fully saturated rings. The second-order valence-corrected chi connectivity index (χ2v) is 9.54. The average Bonchev–Trinajstić information content (AvgIpc) is 3.50. The van der Waals surface area contributed by atoms with Gasteiger partial charge in [0.2, 0.25) is 12.3 Å². The molecule has 5 rings (SSSR count). The van der Waals surface area contributed by atoms with Crippen LogP contribution < -0.4 is 4.90 Å². The van der Waals surface area contributed by atoms with Crippen molar-refractivity contribution in [3.63, 3.8) is 0 Å². The van der Waals surface area contributed by atoms with Gasteiger partial charge >= 0.3 is 6.18 Å². The number of nitrogens with zero attached hydrogens (tertiary/aromatic N) is 5. The number of nitrogens with one attached hydrogen (secondary N) is 1. The van der Waals surface area contributed by atoms with Gasteiger partial charge in [0.05, 0.1) is 18.0 Å². The minimum Gasteiger partial charge on any atom is -0.346 e. The molecule has 1 N–H and O–H groups in total. The number of H-pyrrole nitrogens is 1. The Morgan fingerprint density at radius 2 is 2.14 bits per heavy atom. The lowest BCUT2D eigenvalue weighted by atomic mass is 9.82. The molecule has 2 aromatic rings. The number of rotatable bonds is 7. The monoisotopic (exact) mass is 486 g/mol. The molecular weight excluding hydrogens is 461 g/mol. The molecule has 2 aliphatic heterocycles. The van der Waals surface area contributed by atoms with E-state index in [1.165, 1.54) is 4.90 Å². The number of fused-ring (bicyclic) bond motifs is 1. The summed E-state index contributed by atoms with van der Waals surface area (Å²) >= 11 is 0. The number of amides is 2. The largest absolute Gasteiger partial charge is 0.397 e. The Labute approximate surface area is 200 Å². The van der Waals surface area contributed by atoms with E-state index in [9.17, 15) is 28.0 Å². The smallest absolute Gasteiger partial charge is 0.346 e. The van der Waals surface area contributed by atoms with Crippen LogP contribution in [0.5, 0.6) is 0 Å². The molecule has 11 heteroatoms. The van der Waals surface area contributed by atoms with Crippen LogP contribution in [0.25, 0.3) is 16.6 Å². The maximum atomic E-state index is 12.6. The average molecular weight is 486 g/mol. The second kappa shape index (κ2) is 8.68. The minimum absolute atomic E-state index is 0.121. The Morgan fingerprint density at radius 1 is 1.37 bits per heavy atom. The third-order valence-corrected chi connectivity index (χ3v) is 7.14. The lowest BCUT2D eigenvalue weighted by molar-refractivity contribution is -0.171. The highest BCUT2D eigenvalue weighted by atomic mass is 19.4. The first-order valence-electron chi connectivity index (χ1n) is 11.6. The summed E-state index contributed by atoms with van der Waals surface area (Å²) in [6.45, 7) is 1.37. The molecule has 1 saturated heterocycles. The lowest BCUT2D eigenvalue weighted by Crippen LogP contribution is -2.71. The standard InChI is InChI=1S/C24H25F3N6O2/c25-24(26,27)12-21(35)31-13-23(14-31,6-7-28)32-9-4-16(5-10-32)19-11-20(33(15-34)17-1-2-17)30-22-18(19)3-8-29-22/h3-4,8,11,15,17H,1-2,5-6,9-10,12-14H2,(H,29,30). The van der Waals surface area contributed by atoms with E-state index in [2.05, 4.69) is 27.0 Å². The summed E-state index contributed by atoms with van der Waals surface area (Å²) in [4.78, 5) is 36.4. The Bertz CT molecular complexity index is 1220. The van der Waals surface area contributed by atoms with Gasteiger partial charge in [-0.1, -0.05) is 6.08 Å². The van der Waals surface area contributed by atoms with Gasteiger partial charge in [-0.2, -0.15) is 18.4 Å². The highest BCUT2D eigenvalue weighted by Crippen LogP contribution is 2.38. The fourth-order valence-corrected chi connectivity index (χ4v) is 5.14. The molecule has 2 aromatic heterocycles. The number of hydrogen-bond acceptors (Lipinski definition) is 5. The number of halogens is 3. The molecule has 1 saturated carbocycles. The topological polar surface area (TPSA) is 96.3 Å². The summed E-state index contributed by atoms with van der Waals surface area (Å²) in [6, 6.07) is 6.22. The van der Waals surface area contributed by atoms with Gasteiger partial charge in [-0.25, -0.2) is 4.98 Å². The Balaban J connectivity index is 1.35. The Kier molecular flexibility index (Phi) is 5.79. The molecular formula is C24H25F3N6O2. The van der Waals surface area contributed by atoms with Crippen LogP contribution in [0.1, 0.15) is 37.7 Å². The minimum atomic E-state index is -4.54. The van der Waals surface area contributed by atoms with Crippen LogP contribution in [0.15, 0.2) is 24.4 Å². The number of aromatic amines is 1. The van der Waals surface area contributed by atoms with Crippen molar-refractivity contribution in [2.45, 2.75) is 49.9 Å². The Morgan fingerprint density at radius 3 is 2.74 bits per heavy atom. The first-order chi connectivity index (χ1) is 16.7. The van der Waals surface area contributed by atoms with Gasteiger partial charge in [0.1, 0.15) is 17.9 Å². The van der Waals surface area contributed by atoms with Crippen molar-refractivity contribution >= 4 is 34.7 Å². The molecule has 0 radical (unpaired) electrons. The normalized spacial score (nSPS) is 20.2. The zero-order valence-corrected chi connectivity index (χ0v) is 19.0. The first-order valence-corrected chi connectivity index (χ1v) is 11.6. The van der Waals surface area contributed by atoms with E-state index in [-0.39, 0.29) is 25.6 Å². The number of pyridine rings is 1. The summed E-state index contributed by atoms with van der Waals surface area (Å²) in [7, 11) is 0. The predicted octanol–water partition coefficient (Wildman–Crippen LogP) is 3.22. The number of nitriles is 1. The van der Waals surface area contributed by atoms with Gasteiger partial charge in [-0.05, 0) is 42.5 Å². The molecule has 2 amide bonds.